The SMILES string of the molecule is N#CC1(CS(=O)(=O)NC(=O)C2(C(F)(F)F)CCC2)CCC1. The number of rotatable bonds is 4. The normalized spacial score (nSPS) is 23.3. The second-order valence-electron chi connectivity index (χ2n) is 5.87. The Bertz CT molecular complexity index is 584. The lowest BCUT2D eigenvalue weighted by atomic mass is 9.67. The summed E-state index contributed by atoms with van der Waals surface area (Å²) in [5.41, 5.74) is -3.67. The molecule has 1 amide bonds. The number of nitriles is 1. The Labute approximate surface area is 120 Å². The molecular weight excluding hydrogens is 309 g/mol. The van der Waals surface area contributed by atoms with E-state index in [1.165, 1.54) is 4.72 Å². The van der Waals surface area contributed by atoms with Crippen LogP contribution in [0.15, 0.2) is 0 Å². The zero-order valence-corrected chi connectivity index (χ0v) is 12.0. The molecule has 0 aromatic heterocycles. The van der Waals surface area contributed by atoms with Crippen molar-refractivity contribution in [3.8, 4) is 6.07 Å². The van der Waals surface area contributed by atoms with Gasteiger partial charge in [0.25, 0.3) is 0 Å². The van der Waals surface area contributed by atoms with Crippen LogP contribution in [0.2, 0.25) is 0 Å². The van der Waals surface area contributed by atoms with Crippen molar-refractivity contribution >= 4 is 15.9 Å². The molecule has 0 radical (unpaired) electrons. The van der Waals surface area contributed by atoms with Crippen LogP contribution in [0.3, 0.4) is 0 Å². The van der Waals surface area contributed by atoms with E-state index >= 15 is 0 Å². The Kier molecular flexibility index (Phi) is 3.72. The van der Waals surface area contributed by atoms with Crippen molar-refractivity contribution in [1.29, 1.82) is 5.26 Å². The smallest absolute Gasteiger partial charge is 0.273 e. The molecule has 0 aromatic rings. The lowest BCUT2D eigenvalue weighted by Crippen LogP contribution is -2.57. The Balaban J connectivity index is 2.10. The van der Waals surface area contributed by atoms with Crippen LogP contribution in [0.1, 0.15) is 38.5 Å². The van der Waals surface area contributed by atoms with E-state index in [-0.39, 0.29) is 6.42 Å². The van der Waals surface area contributed by atoms with E-state index in [0.717, 1.165) is 0 Å². The number of hydrogen-bond donors (Lipinski definition) is 1. The standard InChI is InChI=1S/C12H15F3N2O3S/c13-12(14,15)11(5-2-6-11)9(18)17-21(19,20)8-10(7-16)3-1-4-10/h1-6,8H2,(H,17,18). The molecule has 2 aliphatic carbocycles. The number of carbonyl (C=O) groups is 1. The minimum Gasteiger partial charge on any atom is -0.273 e. The zero-order valence-electron chi connectivity index (χ0n) is 11.2. The van der Waals surface area contributed by atoms with Gasteiger partial charge >= 0.3 is 6.18 Å². The Morgan fingerprint density at radius 2 is 1.71 bits per heavy atom. The maximum atomic E-state index is 13.0. The molecule has 0 atom stereocenters. The maximum absolute atomic E-state index is 13.0. The van der Waals surface area contributed by atoms with Crippen molar-refractivity contribution in [3.63, 3.8) is 0 Å². The van der Waals surface area contributed by atoms with Gasteiger partial charge in [-0.25, -0.2) is 8.42 Å². The van der Waals surface area contributed by atoms with Crippen molar-refractivity contribution < 1.29 is 26.4 Å². The predicted molar refractivity (Wildman–Crippen MR) is 66.2 cm³/mol. The summed E-state index contributed by atoms with van der Waals surface area (Å²) < 4.78 is 64.1. The lowest BCUT2D eigenvalue weighted by Gasteiger charge is -2.41. The monoisotopic (exact) mass is 324 g/mol. The van der Waals surface area contributed by atoms with Gasteiger partial charge in [-0.1, -0.05) is 12.8 Å². The summed E-state index contributed by atoms with van der Waals surface area (Å²) in [5, 5.41) is 8.97. The number of sulfonamides is 1. The highest BCUT2D eigenvalue weighted by atomic mass is 32.2. The summed E-state index contributed by atoms with van der Waals surface area (Å²) in [7, 11) is -4.25. The van der Waals surface area contributed by atoms with Crippen molar-refractivity contribution in [2.24, 2.45) is 10.8 Å². The van der Waals surface area contributed by atoms with Crippen LogP contribution >= 0.6 is 0 Å². The van der Waals surface area contributed by atoms with Gasteiger partial charge in [0.2, 0.25) is 15.9 Å². The fourth-order valence-corrected chi connectivity index (χ4v) is 4.33. The highest BCUT2D eigenvalue weighted by Gasteiger charge is 2.64. The second-order valence-corrected chi connectivity index (χ2v) is 7.59. The molecule has 2 aliphatic rings. The van der Waals surface area contributed by atoms with Gasteiger partial charge in [-0.05, 0) is 25.7 Å². The Hall–Kier alpha value is -1.30. The van der Waals surface area contributed by atoms with E-state index in [9.17, 15) is 26.4 Å². The highest BCUT2D eigenvalue weighted by Crippen LogP contribution is 2.53. The maximum Gasteiger partial charge on any atom is 0.403 e. The van der Waals surface area contributed by atoms with E-state index < -0.39 is 51.5 Å². The van der Waals surface area contributed by atoms with E-state index in [1.54, 1.807) is 0 Å². The fraction of sp³-hybridized carbons (Fsp3) is 0.833. The number of nitrogens with zero attached hydrogens (tertiary/aromatic N) is 1. The summed E-state index contributed by atoms with van der Waals surface area (Å²) in [6.07, 6.45) is -3.89. The van der Waals surface area contributed by atoms with Gasteiger partial charge in [0.05, 0.1) is 17.2 Å². The topological polar surface area (TPSA) is 87.0 Å². The molecule has 2 saturated carbocycles. The van der Waals surface area contributed by atoms with Gasteiger partial charge in [-0.15, -0.1) is 0 Å². The third-order valence-corrected chi connectivity index (χ3v) is 5.88. The average Bonchev–Trinajstić information content (AvgIpc) is 2.18. The van der Waals surface area contributed by atoms with Gasteiger partial charge in [-0.2, -0.15) is 18.4 Å². The van der Waals surface area contributed by atoms with Gasteiger partial charge in [-0.3, -0.25) is 9.52 Å². The molecule has 21 heavy (non-hydrogen) atoms. The van der Waals surface area contributed by atoms with Crippen LogP contribution in [0.5, 0.6) is 0 Å². The summed E-state index contributed by atoms with van der Waals surface area (Å²) in [5.74, 6) is -2.15. The highest BCUT2D eigenvalue weighted by molar-refractivity contribution is 7.90. The minimum atomic E-state index is -4.77. The van der Waals surface area contributed by atoms with Crippen LogP contribution in [0.25, 0.3) is 0 Å². The molecule has 5 nitrogen and oxygen atoms in total. The third kappa shape index (κ3) is 2.73. The van der Waals surface area contributed by atoms with E-state index in [2.05, 4.69) is 0 Å². The van der Waals surface area contributed by atoms with Crippen molar-refractivity contribution in [2.75, 3.05) is 5.75 Å². The first kappa shape index (κ1) is 16.1. The van der Waals surface area contributed by atoms with Gasteiger partial charge < -0.3 is 0 Å². The van der Waals surface area contributed by atoms with Gasteiger partial charge in [0, 0.05) is 0 Å². The molecule has 0 unspecified atom stereocenters. The van der Waals surface area contributed by atoms with Crippen LogP contribution in [-0.2, 0) is 14.8 Å². The first-order valence-corrected chi connectivity index (χ1v) is 8.24. The Morgan fingerprint density at radius 1 is 1.19 bits per heavy atom. The lowest BCUT2D eigenvalue weighted by molar-refractivity contribution is -0.242. The number of nitrogens with one attached hydrogen (secondary N) is 1. The molecule has 0 aliphatic heterocycles. The molecular formula is C12H15F3N2O3S. The zero-order chi connectivity index (χ0) is 15.9. The van der Waals surface area contributed by atoms with Crippen LogP contribution in [0.4, 0.5) is 13.2 Å². The summed E-state index contributed by atoms with van der Waals surface area (Å²) in [4.78, 5) is 11.8. The number of alkyl halides is 3. The molecule has 0 aromatic carbocycles. The predicted octanol–water partition coefficient (Wildman–Crippen LogP) is 1.86. The van der Waals surface area contributed by atoms with Crippen molar-refractivity contribution in [1.82, 2.24) is 4.72 Å². The summed E-state index contributed by atoms with van der Waals surface area (Å²) in [6, 6.07) is 1.89. The largest absolute Gasteiger partial charge is 0.403 e. The molecule has 1 N–H and O–H groups in total. The van der Waals surface area contributed by atoms with Crippen molar-refractivity contribution in [3.05, 3.63) is 0 Å². The molecule has 118 valence electrons. The molecule has 9 heteroatoms. The molecule has 0 heterocycles. The van der Waals surface area contributed by atoms with Crippen LogP contribution in [-0.4, -0.2) is 26.3 Å². The number of carbonyl (C=O) groups excluding carboxylic acids is 1. The van der Waals surface area contributed by atoms with E-state index in [0.29, 0.717) is 19.3 Å². The van der Waals surface area contributed by atoms with E-state index in [4.69, 9.17) is 5.26 Å². The van der Waals surface area contributed by atoms with Gasteiger partial charge in [0.15, 0.2) is 0 Å². The number of hydrogen-bond acceptors (Lipinski definition) is 4. The van der Waals surface area contributed by atoms with Crippen LogP contribution in [0, 0.1) is 22.2 Å². The van der Waals surface area contributed by atoms with E-state index in [1.807, 2.05) is 6.07 Å². The molecule has 0 saturated heterocycles. The molecule has 2 rings (SSSR count). The van der Waals surface area contributed by atoms with Crippen LogP contribution < -0.4 is 4.72 Å². The molecule has 0 bridgehead atoms. The number of halogens is 3. The third-order valence-electron chi connectivity index (χ3n) is 4.45. The van der Waals surface area contributed by atoms with Crippen molar-refractivity contribution in [2.45, 2.75) is 44.7 Å². The first-order chi connectivity index (χ1) is 9.56. The fourth-order valence-electron chi connectivity index (χ4n) is 2.70. The summed E-state index contributed by atoms with van der Waals surface area (Å²) in [6.45, 7) is 0. The molecule has 0 spiro atoms. The van der Waals surface area contributed by atoms with Gasteiger partial charge in [0.1, 0.15) is 5.41 Å². The Morgan fingerprint density at radius 3 is 2.00 bits per heavy atom. The second kappa shape index (κ2) is 4.87. The number of amides is 1. The molecule has 2 fully saturated rings. The average molecular weight is 324 g/mol. The summed E-state index contributed by atoms with van der Waals surface area (Å²) >= 11 is 0. The minimum absolute atomic E-state index is 0.231. The quantitative estimate of drug-likeness (QED) is 0.855. The first-order valence-electron chi connectivity index (χ1n) is 6.59.